The summed E-state index contributed by atoms with van der Waals surface area (Å²) in [5.74, 6) is 0.582. The summed E-state index contributed by atoms with van der Waals surface area (Å²) in [5, 5.41) is 3.90. The van der Waals surface area contributed by atoms with E-state index >= 15 is 0 Å². The Morgan fingerprint density at radius 2 is 2.25 bits per heavy atom. The number of benzene rings is 1. The number of aromatic amines is 1. The molecule has 2 rings (SSSR count). The van der Waals surface area contributed by atoms with Gasteiger partial charge < -0.3 is 16.0 Å². The first-order valence-corrected chi connectivity index (χ1v) is 7.60. The molecule has 2 aromatic rings. The standard InChI is InChI=1S/C14H20N4OS/c1-14(16-2,12(15)19)8-5-9-20-13-17-10-6-3-4-7-11(10)18-13/h3-4,6-7,16H,5,8-9H2,1-2H3,(H2,15,19)(H,17,18). The number of nitrogens with zero attached hydrogens (tertiary/aromatic N) is 1. The minimum absolute atomic E-state index is 0.311. The molecule has 0 fully saturated rings. The predicted molar refractivity (Wildman–Crippen MR) is 82.7 cm³/mol. The number of carbonyl (C=O) groups excluding carboxylic acids is 1. The lowest BCUT2D eigenvalue weighted by Gasteiger charge is -2.25. The quantitative estimate of drug-likeness (QED) is 0.537. The van der Waals surface area contributed by atoms with E-state index in [1.165, 1.54) is 0 Å². The molecule has 0 radical (unpaired) electrons. The van der Waals surface area contributed by atoms with Crippen molar-refractivity contribution in [3.63, 3.8) is 0 Å². The predicted octanol–water partition coefficient (Wildman–Crippen LogP) is 1.90. The van der Waals surface area contributed by atoms with Crippen LogP contribution in [-0.2, 0) is 4.79 Å². The van der Waals surface area contributed by atoms with Crippen molar-refractivity contribution < 1.29 is 4.79 Å². The van der Waals surface area contributed by atoms with Crippen molar-refractivity contribution in [1.82, 2.24) is 15.3 Å². The smallest absolute Gasteiger partial charge is 0.237 e. The van der Waals surface area contributed by atoms with E-state index in [1.807, 2.05) is 31.2 Å². The number of imidazole rings is 1. The third-order valence-corrected chi connectivity index (χ3v) is 4.48. The fourth-order valence-corrected chi connectivity index (χ4v) is 2.79. The number of nitrogens with one attached hydrogen (secondary N) is 2. The summed E-state index contributed by atoms with van der Waals surface area (Å²) in [6.45, 7) is 1.83. The molecular weight excluding hydrogens is 272 g/mol. The minimum atomic E-state index is -0.631. The molecular formula is C14H20N4OS. The number of likely N-dealkylation sites (N-methyl/N-ethyl adjacent to an activating group) is 1. The maximum atomic E-state index is 11.4. The number of thioether (sulfide) groups is 1. The lowest BCUT2D eigenvalue weighted by Crippen LogP contribution is -2.51. The molecule has 0 spiro atoms. The SMILES string of the molecule is CNC(C)(CCCSc1nc2ccccc2[nH]1)C(N)=O. The van der Waals surface area contributed by atoms with Crippen LogP contribution in [-0.4, -0.2) is 34.2 Å². The normalized spacial score (nSPS) is 14.3. The molecule has 1 unspecified atom stereocenters. The largest absolute Gasteiger partial charge is 0.368 e. The van der Waals surface area contributed by atoms with Crippen LogP contribution in [0.25, 0.3) is 11.0 Å². The van der Waals surface area contributed by atoms with E-state index in [1.54, 1.807) is 18.8 Å². The van der Waals surface area contributed by atoms with Crippen LogP contribution in [0.3, 0.4) is 0 Å². The maximum Gasteiger partial charge on any atom is 0.237 e. The topological polar surface area (TPSA) is 83.8 Å². The second-order valence-electron chi connectivity index (χ2n) is 4.96. The lowest BCUT2D eigenvalue weighted by molar-refractivity contribution is -0.123. The van der Waals surface area contributed by atoms with Crippen LogP contribution in [0.2, 0.25) is 0 Å². The van der Waals surface area contributed by atoms with Crippen LogP contribution < -0.4 is 11.1 Å². The maximum absolute atomic E-state index is 11.4. The first kappa shape index (κ1) is 14.9. The van der Waals surface area contributed by atoms with Crippen molar-refractivity contribution in [2.45, 2.75) is 30.5 Å². The Bertz CT molecular complexity index is 565. The number of hydrogen-bond donors (Lipinski definition) is 3. The van der Waals surface area contributed by atoms with Crippen LogP contribution in [0.15, 0.2) is 29.4 Å². The minimum Gasteiger partial charge on any atom is -0.368 e. The van der Waals surface area contributed by atoms with Gasteiger partial charge in [0.05, 0.1) is 16.6 Å². The summed E-state index contributed by atoms with van der Waals surface area (Å²) in [6.07, 6.45) is 1.61. The first-order valence-electron chi connectivity index (χ1n) is 6.61. The molecule has 0 bridgehead atoms. The molecule has 0 aliphatic carbocycles. The van der Waals surface area contributed by atoms with Gasteiger partial charge in [-0.1, -0.05) is 23.9 Å². The summed E-state index contributed by atoms with van der Waals surface area (Å²) in [6, 6.07) is 7.96. The number of carbonyl (C=O) groups is 1. The van der Waals surface area contributed by atoms with Gasteiger partial charge in [0.25, 0.3) is 0 Å². The number of primary amides is 1. The molecule has 4 N–H and O–H groups in total. The summed E-state index contributed by atoms with van der Waals surface area (Å²) >= 11 is 1.66. The number of rotatable bonds is 7. The van der Waals surface area contributed by atoms with E-state index in [0.717, 1.165) is 28.4 Å². The summed E-state index contributed by atoms with van der Waals surface area (Å²) in [4.78, 5) is 19.1. The highest BCUT2D eigenvalue weighted by Gasteiger charge is 2.27. The monoisotopic (exact) mass is 292 g/mol. The Morgan fingerprint density at radius 1 is 1.50 bits per heavy atom. The highest BCUT2D eigenvalue weighted by molar-refractivity contribution is 7.99. The van der Waals surface area contributed by atoms with Gasteiger partial charge in [-0.05, 0) is 38.9 Å². The van der Waals surface area contributed by atoms with Gasteiger partial charge in [0.1, 0.15) is 0 Å². The molecule has 0 aliphatic rings. The van der Waals surface area contributed by atoms with Gasteiger partial charge in [-0.15, -0.1) is 0 Å². The van der Waals surface area contributed by atoms with Crippen molar-refractivity contribution in [3.8, 4) is 0 Å². The zero-order valence-corrected chi connectivity index (χ0v) is 12.6. The van der Waals surface area contributed by atoms with Crippen molar-refractivity contribution in [2.75, 3.05) is 12.8 Å². The Hall–Kier alpha value is -1.53. The fourth-order valence-electron chi connectivity index (χ4n) is 1.96. The van der Waals surface area contributed by atoms with Crippen LogP contribution in [0.4, 0.5) is 0 Å². The van der Waals surface area contributed by atoms with Gasteiger partial charge in [-0.3, -0.25) is 4.79 Å². The number of H-pyrrole nitrogens is 1. The molecule has 6 heteroatoms. The molecule has 5 nitrogen and oxygen atoms in total. The first-order chi connectivity index (χ1) is 9.55. The second kappa shape index (κ2) is 6.28. The van der Waals surface area contributed by atoms with E-state index in [2.05, 4.69) is 15.3 Å². The summed E-state index contributed by atoms with van der Waals surface area (Å²) in [5.41, 5.74) is 6.80. The van der Waals surface area contributed by atoms with Crippen molar-refractivity contribution in [1.29, 1.82) is 0 Å². The summed E-state index contributed by atoms with van der Waals surface area (Å²) in [7, 11) is 1.76. The van der Waals surface area contributed by atoms with Gasteiger partial charge in [0.2, 0.25) is 5.91 Å². The molecule has 0 saturated carbocycles. The molecule has 0 saturated heterocycles. The van der Waals surface area contributed by atoms with Crippen LogP contribution in [0.5, 0.6) is 0 Å². The highest BCUT2D eigenvalue weighted by Crippen LogP contribution is 2.21. The Kier molecular flexibility index (Phi) is 4.67. The molecule has 20 heavy (non-hydrogen) atoms. The summed E-state index contributed by atoms with van der Waals surface area (Å²) < 4.78 is 0. The Labute approximate surface area is 122 Å². The fraction of sp³-hybridized carbons (Fsp3) is 0.429. The van der Waals surface area contributed by atoms with E-state index in [9.17, 15) is 4.79 Å². The molecule has 0 aliphatic heterocycles. The van der Waals surface area contributed by atoms with Gasteiger partial charge in [-0.25, -0.2) is 4.98 Å². The van der Waals surface area contributed by atoms with Crippen LogP contribution in [0.1, 0.15) is 19.8 Å². The van der Waals surface area contributed by atoms with E-state index in [0.29, 0.717) is 6.42 Å². The number of amides is 1. The van der Waals surface area contributed by atoms with Crippen molar-refractivity contribution in [2.24, 2.45) is 5.73 Å². The van der Waals surface area contributed by atoms with Crippen LogP contribution >= 0.6 is 11.8 Å². The van der Waals surface area contributed by atoms with Gasteiger partial charge in [0.15, 0.2) is 5.16 Å². The second-order valence-corrected chi connectivity index (χ2v) is 6.04. The number of fused-ring (bicyclic) bond motifs is 1. The number of para-hydroxylation sites is 2. The third kappa shape index (κ3) is 3.32. The number of hydrogen-bond acceptors (Lipinski definition) is 4. The average molecular weight is 292 g/mol. The van der Waals surface area contributed by atoms with Crippen molar-refractivity contribution in [3.05, 3.63) is 24.3 Å². The van der Waals surface area contributed by atoms with Crippen LogP contribution in [0, 0.1) is 0 Å². The molecule has 1 atom stereocenters. The lowest BCUT2D eigenvalue weighted by atomic mass is 9.96. The van der Waals surface area contributed by atoms with Gasteiger partial charge >= 0.3 is 0 Å². The Balaban J connectivity index is 1.85. The van der Waals surface area contributed by atoms with Crippen molar-refractivity contribution >= 4 is 28.7 Å². The molecule has 1 heterocycles. The zero-order valence-electron chi connectivity index (χ0n) is 11.8. The molecule has 1 amide bonds. The number of nitrogens with two attached hydrogens (primary N) is 1. The zero-order chi connectivity index (χ0) is 14.6. The highest BCUT2D eigenvalue weighted by atomic mass is 32.2. The third-order valence-electron chi connectivity index (χ3n) is 3.52. The van der Waals surface area contributed by atoms with E-state index in [-0.39, 0.29) is 5.91 Å². The van der Waals surface area contributed by atoms with Gasteiger partial charge in [0, 0.05) is 5.75 Å². The molecule has 108 valence electrons. The molecule has 1 aromatic heterocycles. The molecule has 1 aromatic carbocycles. The van der Waals surface area contributed by atoms with Gasteiger partial charge in [-0.2, -0.15) is 0 Å². The van der Waals surface area contributed by atoms with E-state index < -0.39 is 5.54 Å². The average Bonchev–Trinajstić information content (AvgIpc) is 2.85. The number of aromatic nitrogens is 2. The Morgan fingerprint density at radius 3 is 2.90 bits per heavy atom. The van der Waals surface area contributed by atoms with E-state index in [4.69, 9.17) is 5.73 Å².